The second-order valence-corrected chi connectivity index (χ2v) is 8.15. The minimum absolute atomic E-state index is 0.0109. The lowest BCUT2D eigenvalue weighted by molar-refractivity contribution is -0.125. The molecule has 170 valence electrons. The van der Waals surface area contributed by atoms with Gasteiger partial charge in [-0.1, -0.05) is 12.1 Å². The Morgan fingerprint density at radius 2 is 1.76 bits per heavy atom. The third-order valence-electron chi connectivity index (χ3n) is 5.76. The first kappa shape index (κ1) is 22.4. The first-order valence-electron chi connectivity index (χ1n) is 11.0. The zero-order chi connectivity index (χ0) is 23.2. The second-order valence-electron chi connectivity index (χ2n) is 8.15. The molecule has 2 heterocycles. The van der Waals surface area contributed by atoms with Gasteiger partial charge in [-0.3, -0.25) is 9.59 Å². The number of anilines is 2. The van der Waals surface area contributed by atoms with Gasteiger partial charge in [-0.2, -0.15) is 0 Å². The zero-order valence-corrected chi connectivity index (χ0v) is 18.4. The summed E-state index contributed by atoms with van der Waals surface area (Å²) in [5.74, 6) is -0.160. The van der Waals surface area contributed by atoms with Gasteiger partial charge in [0.25, 0.3) is 5.91 Å². The summed E-state index contributed by atoms with van der Waals surface area (Å²) in [5.41, 5.74) is 1.93. The van der Waals surface area contributed by atoms with Gasteiger partial charge in [0.2, 0.25) is 11.9 Å². The highest BCUT2D eigenvalue weighted by Gasteiger charge is 2.28. The molecule has 0 radical (unpaired) electrons. The Hall–Kier alpha value is -3.81. The number of piperidine rings is 1. The van der Waals surface area contributed by atoms with Crippen molar-refractivity contribution in [3.05, 3.63) is 83.9 Å². The smallest absolute Gasteiger partial charge is 0.255 e. The molecule has 8 heteroatoms. The minimum Gasteiger partial charge on any atom is -0.349 e. The maximum atomic E-state index is 13.0. The lowest BCUT2D eigenvalue weighted by atomic mass is 9.96. The van der Waals surface area contributed by atoms with Gasteiger partial charge in [-0.25, -0.2) is 14.4 Å². The molecule has 4 rings (SSSR count). The van der Waals surface area contributed by atoms with Crippen molar-refractivity contribution in [1.29, 1.82) is 0 Å². The van der Waals surface area contributed by atoms with Crippen LogP contribution in [0.4, 0.5) is 16.0 Å². The summed E-state index contributed by atoms with van der Waals surface area (Å²) >= 11 is 0. The third-order valence-corrected chi connectivity index (χ3v) is 5.76. The number of amides is 2. The molecule has 1 fully saturated rings. The molecule has 33 heavy (non-hydrogen) atoms. The van der Waals surface area contributed by atoms with E-state index in [4.69, 9.17) is 0 Å². The highest BCUT2D eigenvalue weighted by molar-refractivity contribution is 6.04. The molecule has 0 aliphatic carbocycles. The van der Waals surface area contributed by atoms with Crippen molar-refractivity contribution in [2.45, 2.75) is 25.8 Å². The van der Waals surface area contributed by atoms with Crippen LogP contribution in [0.25, 0.3) is 0 Å². The summed E-state index contributed by atoms with van der Waals surface area (Å²) in [6.45, 7) is 3.37. The minimum atomic E-state index is -0.388. The molecule has 1 aromatic heterocycles. The molecule has 2 N–H and O–H groups in total. The number of carbonyl (C=O) groups is 2. The van der Waals surface area contributed by atoms with Crippen LogP contribution in [0, 0.1) is 11.7 Å². The highest BCUT2D eigenvalue weighted by atomic mass is 19.1. The predicted molar refractivity (Wildman–Crippen MR) is 124 cm³/mol. The van der Waals surface area contributed by atoms with E-state index in [0.717, 1.165) is 24.9 Å². The number of hydrogen-bond donors (Lipinski definition) is 2. The van der Waals surface area contributed by atoms with Crippen LogP contribution in [0.1, 0.15) is 41.7 Å². The predicted octanol–water partition coefficient (Wildman–Crippen LogP) is 3.96. The maximum absolute atomic E-state index is 13.0. The molecular weight excluding hydrogens is 421 g/mol. The van der Waals surface area contributed by atoms with Crippen molar-refractivity contribution >= 4 is 23.5 Å². The largest absolute Gasteiger partial charge is 0.349 e. The first-order valence-corrected chi connectivity index (χ1v) is 11.0. The van der Waals surface area contributed by atoms with Gasteiger partial charge >= 0.3 is 0 Å². The Kier molecular flexibility index (Phi) is 6.92. The molecule has 1 saturated heterocycles. The van der Waals surface area contributed by atoms with Crippen LogP contribution in [0.15, 0.2) is 67.0 Å². The zero-order valence-electron chi connectivity index (χ0n) is 18.4. The van der Waals surface area contributed by atoms with Gasteiger partial charge < -0.3 is 15.5 Å². The Morgan fingerprint density at radius 1 is 1.06 bits per heavy atom. The number of hydrogen-bond acceptors (Lipinski definition) is 5. The average Bonchev–Trinajstić information content (AvgIpc) is 2.85. The highest BCUT2D eigenvalue weighted by Crippen LogP contribution is 2.22. The molecule has 1 aliphatic heterocycles. The van der Waals surface area contributed by atoms with Gasteiger partial charge in [-0.15, -0.1) is 0 Å². The summed E-state index contributed by atoms with van der Waals surface area (Å²) in [6, 6.07) is 14.3. The van der Waals surface area contributed by atoms with Crippen LogP contribution < -0.4 is 15.5 Å². The standard InChI is InChI=1S/C25H26FN5O2/c1-17(29-24(33)20-4-2-15-31(16-20)25-27-13-3-14-28-25)18-7-11-22(12-8-18)30-23(32)19-5-9-21(26)10-6-19/h3,5-14,17,20H,2,4,15-16H2,1H3,(H,29,33)(H,30,32). The molecular formula is C25H26FN5O2. The number of aromatic nitrogens is 2. The van der Waals surface area contributed by atoms with Crippen LogP contribution in [0.5, 0.6) is 0 Å². The summed E-state index contributed by atoms with van der Waals surface area (Å²) in [5, 5.41) is 5.89. The Labute approximate surface area is 192 Å². The van der Waals surface area contributed by atoms with E-state index in [1.54, 1.807) is 30.6 Å². The summed E-state index contributed by atoms with van der Waals surface area (Å²) in [4.78, 5) is 35.8. The van der Waals surface area contributed by atoms with Crippen molar-refractivity contribution in [2.75, 3.05) is 23.3 Å². The van der Waals surface area contributed by atoms with Crippen molar-refractivity contribution in [3.8, 4) is 0 Å². The first-order chi connectivity index (χ1) is 16.0. The third kappa shape index (κ3) is 5.71. The molecule has 0 spiro atoms. The fourth-order valence-corrected chi connectivity index (χ4v) is 3.90. The van der Waals surface area contributed by atoms with E-state index in [1.165, 1.54) is 24.3 Å². The maximum Gasteiger partial charge on any atom is 0.255 e. The molecule has 7 nitrogen and oxygen atoms in total. The van der Waals surface area contributed by atoms with E-state index in [2.05, 4.69) is 25.5 Å². The topological polar surface area (TPSA) is 87.2 Å². The molecule has 3 aromatic rings. The van der Waals surface area contributed by atoms with Gasteiger partial charge in [0.05, 0.1) is 12.0 Å². The van der Waals surface area contributed by atoms with E-state index in [9.17, 15) is 14.0 Å². The number of nitrogens with zero attached hydrogens (tertiary/aromatic N) is 3. The SMILES string of the molecule is CC(NC(=O)C1CCCN(c2ncccn2)C1)c1ccc(NC(=O)c2ccc(F)cc2)cc1. The van der Waals surface area contributed by atoms with Crippen LogP contribution in [0.2, 0.25) is 0 Å². The van der Waals surface area contributed by atoms with Gasteiger partial charge in [0, 0.05) is 36.7 Å². The number of nitrogens with one attached hydrogen (secondary N) is 2. The van der Waals surface area contributed by atoms with E-state index in [0.29, 0.717) is 23.7 Å². The van der Waals surface area contributed by atoms with Gasteiger partial charge in [-0.05, 0) is 67.8 Å². The van der Waals surface area contributed by atoms with Crippen LogP contribution >= 0.6 is 0 Å². The molecule has 2 atom stereocenters. The Balaban J connectivity index is 1.32. The van der Waals surface area contributed by atoms with E-state index in [1.807, 2.05) is 19.1 Å². The molecule has 2 amide bonds. The number of carbonyl (C=O) groups excluding carboxylic acids is 2. The van der Waals surface area contributed by atoms with Crippen LogP contribution in [0.3, 0.4) is 0 Å². The van der Waals surface area contributed by atoms with Gasteiger partial charge in [0.1, 0.15) is 5.82 Å². The van der Waals surface area contributed by atoms with Crippen molar-refractivity contribution in [2.24, 2.45) is 5.92 Å². The Bertz CT molecular complexity index is 1090. The summed E-state index contributed by atoms with van der Waals surface area (Å²) < 4.78 is 13.0. The molecule has 2 unspecified atom stereocenters. The van der Waals surface area contributed by atoms with Crippen molar-refractivity contribution < 1.29 is 14.0 Å². The fourth-order valence-electron chi connectivity index (χ4n) is 3.90. The van der Waals surface area contributed by atoms with E-state index < -0.39 is 0 Å². The van der Waals surface area contributed by atoms with Crippen LogP contribution in [-0.2, 0) is 4.79 Å². The summed E-state index contributed by atoms with van der Waals surface area (Å²) in [7, 11) is 0. The van der Waals surface area contributed by atoms with Crippen molar-refractivity contribution in [3.63, 3.8) is 0 Å². The molecule has 0 saturated carbocycles. The average molecular weight is 448 g/mol. The normalized spacial score (nSPS) is 16.7. The molecule has 0 bridgehead atoms. The van der Waals surface area contributed by atoms with E-state index in [-0.39, 0.29) is 29.6 Å². The quantitative estimate of drug-likeness (QED) is 0.597. The monoisotopic (exact) mass is 447 g/mol. The fraction of sp³-hybridized carbons (Fsp3) is 0.280. The summed E-state index contributed by atoms with van der Waals surface area (Å²) in [6.07, 6.45) is 5.16. The van der Waals surface area contributed by atoms with Crippen LogP contribution in [-0.4, -0.2) is 34.9 Å². The lowest BCUT2D eigenvalue weighted by Crippen LogP contribution is -2.44. The number of rotatable bonds is 6. The molecule has 2 aromatic carbocycles. The Morgan fingerprint density at radius 3 is 2.45 bits per heavy atom. The van der Waals surface area contributed by atoms with Crippen molar-refractivity contribution in [1.82, 2.24) is 15.3 Å². The molecule has 1 aliphatic rings. The van der Waals surface area contributed by atoms with E-state index >= 15 is 0 Å². The lowest BCUT2D eigenvalue weighted by Gasteiger charge is -2.32. The number of halogens is 1. The van der Waals surface area contributed by atoms with Gasteiger partial charge in [0.15, 0.2) is 0 Å². The second kappa shape index (κ2) is 10.2. The number of benzene rings is 2.